The van der Waals surface area contributed by atoms with Crippen molar-refractivity contribution in [1.82, 2.24) is 9.88 Å². The molecule has 0 amide bonds. The van der Waals surface area contributed by atoms with Gasteiger partial charge >= 0.3 is 0 Å². The number of fused-ring (bicyclic) bond motifs is 1. The van der Waals surface area contributed by atoms with Crippen molar-refractivity contribution < 1.29 is 4.79 Å². The highest BCUT2D eigenvalue weighted by Crippen LogP contribution is 2.38. The number of carbonyl (C=O) groups excluding carboxylic acids is 1. The van der Waals surface area contributed by atoms with Gasteiger partial charge in [0.25, 0.3) is 0 Å². The van der Waals surface area contributed by atoms with Crippen molar-refractivity contribution in [3.8, 4) is 0 Å². The minimum atomic E-state index is 0.0196. The Bertz CT molecular complexity index is 763. The van der Waals surface area contributed by atoms with Gasteiger partial charge in [-0.3, -0.25) is 0 Å². The van der Waals surface area contributed by atoms with Crippen molar-refractivity contribution in [2.75, 3.05) is 38.1 Å². The average Bonchev–Trinajstić information content (AvgIpc) is 2.91. The van der Waals surface area contributed by atoms with Crippen LogP contribution in [0.1, 0.15) is 25.8 Å². The Balaban J connectivity index is 2.08. The molecule has 5 nitrogen and oxygen atoms in total. The molecule has 1 aromatic heterocycles. The maximum Gasteiger partial charge on any atom is 0.240 e. The summed E-state index contributed by atoms with van der Waals surface area (Å²) >= 11 is 1.67. The predicted molar refractivity (Wildman–Crippen MR) is 95.8 cm³/mol. The molecule has 0 bridgehead atoms. The molecule has 122 valence electrons. The Morgan fingerprint density at radius 3 is 2.52 bits per heavy atom. The summed E-state index contributed by atoms with van der Waals surface area (Å²) in [7, 11) is 2.13. The molecule has 0 radical (unpaired) electrons. The molecule has 1 fully saturated rings. The van der Waals surface area contributed by atoms with Gasteiger partial charge in [0, 0.05) is 31.6 Å². The summed E-state index contributed by atoms with van der Waals surface area (Å²) in [4.78, 5) is 24.2. The summed E-state index contributed by atoms with van der Waals surface area (Å²) in [6.07, 6.45) is 1.70. The number of aromatic nitrogens is 1. The molecule has 0 aliphatic carbocycles. The lowest BCUT2D eigenvalue weighted by Crippen LogP contribution is -2.44. The van der Waals surface area contributed by atoms with Crippen LogP contribution < -0.4 is 4.90 Å². The number of anilines is 1. The van der Waals surface area contributed by atoms with E-state index in [-0.39, 0.29) is 5.41 Å². The topological polar surface area (TPSA) is 48.8 Å². The van der Waals surface area contributed by atoms with Crippen LogP contribution in [0.25, 0.3) is 10.2 Å². The van der Waals surface area contributed by atoms with Gasteiger partial charge in [-0.1, -0.05) is 20.8 Å². The molecule has 23 heavy (non-hydrogen) atoms. The second-order valence-electron chi connectivity index (χ2n) is 7.07. The molecule has 0 unspecified atom stereocenters. The van der Waals surface area contributed by atoms with Crippen LogP contribution in [0.3, 0.4) is 0 Å². The fourth-order valence-electron chi connectivity index (χ4n) is 2.71. The molecule has 2 heterocycles. The van der Waals surface area contributed by atoms with Gasteiger partial charge in [-0.25, -0.2) is 9.78 Å². The summed E-state index contributed by atoms with van der Waals surface area (Å²) in [6, 6.07) is 4.04. The number of benzene rings is 1. The highest BCUT2D eigenvalue weighted by Gasteiger charge is 2.22. The fraction of sp³-hybridized carbons (Fsp3) is 0.529. The lowest BCUT2D eigenvalue weighted by atomic mass is 9.98. The zero-order chi connectivity index (χ0) is 16.6. The quantitative estimate of drug-likeness (QED) is 0.626. The van der Waals surface area contributed by atoms with E-state index in [0.717, 1.165) is 47.1 Å². The Morgan fingerprint density at radius 2 is 1.91 bits per heavy atom. The van der Waals surface area contributed by atoms with E-state index in [1.54, 1.807) is 17.4 Å². The molecule has 0 saturated carbocycles. The van der Waals surface area contributed by atoms with E-state index >= 15 is 0 Å². The highest BCUT2D eigenvalue weighted by atomic mass is 32.1. The van der Waals surface area contributed by atoms with Crippen molar-refractivity contribution in [3.63, 3.8) is 0 Å². The molecule has 3 rings (SSSR count). The van der Waals surface area contributed by atoms with Gasteiger partial charge in [0.1, 0.15) is 5.69 Å². The van der Waals surface area contributed by atoms with Crippen LogP contribution in [0.4, 0.5) is 11.4 Å². The molecule has 0 atom stereocenters. The first-order valence-corrected chi connectivity index (χ1v) is 8.66. The molecule has 1 aromatic carbocycles. The molecule has 2 aromatic rings. The van der Waals surface area contributed by atoms with Crippen LogP contribution in [-0.4, -0.2) is 49.2 Å². The monoisotopic (exact) mass is 330 g/mol. The number of nitrogens with zero attached hydrogens (tertiary/aromatic N) is 4. The number of likely N-dealkylation sites (N-methyl/N-ethyl adjacent to an activating group) is 1. The number of thiazole rings is 1. The fourth-order valence-corrected chi connectivity index (χ4v) is 3.75. The molecule has 0 spiro atoms. The van der Waals surface area contributed by atoms with Gasteiger partial charge < -0.3 is 9.80 Å². The largest absolute Gasteiger partial charge is 0.367 e. The van der Waals surface area contributed by atoms with E-state index in [1.165, 1.54) is 0 Å². The lowest BCUT2D eigenvalue weighted by molar-refractivity contribution is 0.313. The van der Waals surface area contributed by atoms with Gasteiger partial charge in [0.05, 0.1) is 20.9 Å². The van der Waals surface area contributed by atoms with Crippen LogP contribution in [0.2, 0.25) is 0 Å². The Kier molecular flexibility index (Phi) is 4.23. The second kappa shape index (κ2) is 6.04. The lowest BCUT2D eigenvalue weighted by Gasteiger charge is -2.34. The summed E-state index contributed by atoms with van der Waals surface area (Å²) < 4.78 is 1.07. The summed E-state index contributed by atoms with van der Waals surface area (Å²) in [5, 5.41) is 1.10. The third-order valence-electron chi connectivity index (χ3n) is 4.14. The molecular formula is C17H22N4OS. The number of isocyanates is 1. The van der Waals surface area contributed by atoms with Crippen LogP contribution in [-0.2, 0) is 10.2 Å². The molecule has 1 aliphatic rings. The van der Waals surface area contributed by atoms with E-state index in [0.29, 0.717) is 5.69 Å². The molecule has 0 N–H and O–H groups in total. The number of piperazine rings is 1. The van der Waals surface area contributed by atoms with E-state index in [2.05, 4.69) is 48.7 Å². The first-order chi connectivity index (χ1) is 10.9. The van der Waals surface area contributed by atoms with Crippen molar-refractivity contribution in [2.24, 2.45) is 4.99 Å². The van der Waals surface area contributed by atoms with Gasteiger partial charge in [-0.2, -0.15) is 4.99 Å². The number of hydrogen-bond acceptors (Lipinski definition) is 6. The number of aliphatic imine (C=N–C) groups is 1. The second-order valence-corrected chi connectivity index (χ2v) is 8.10. The Hall–Kier alpha value is -1.75. The smallest absolute Gasteiger partial charge is 0.240 e. The minimum Gasteiger partial charge on any atom is -0.367 e. The molecular weight excluding hydrogens is 308 g/mol. The summed E-state index contributed by atoms with van der Waals surface area (Å²) in [5.74, 6) is 0. The van der Waals surface area contributed by atoms with E-state index in [9.17, 15) is 4.79 Å². The zero-order valence-corrected chi connectivity index (χ0v) is 14.9. The van der Waals surface area contributed by atoms with E-state index in [4.69, 9.17) is 4.98 Å². The van der Waals surface area contributed by atoms with Crippen LogP contribution in [0.5, 0.6) is 0 Å². The van der Waals surface area contributed by atoms with Gasteiger partial charge in [-0.05, 0) is 19.2 Å². The number of hydrogen-bond donors (Lipinski definition) is 0. The minimum absolute atomic E-state index is 0.0196. The standard InChI is InChI=1S/C17H22N4OS/c1-17(2,3)16-19-13-9-14(21-7-5-20(4)6-8-21)12(18-11-22)10-15(13)23-16/h9-10H,5-8H2,1-4H3. The van der Waals surface area contributed by atoms with E-state index in [1.807, 2.05) is 6.07 Å². The molecule has 1 saturated heterocycles. The van der Waals surface area contributed by atoms with Crippen molar-refractivity contribution in [2.45, 2.75) is 26.2 Å². The Labute approximate surface area is 140 Å². The maximum atomic E-state index is 10.8. The first kappa shape index (κ1) is 16.1. The number of rotatable bonds is 2. The van der Waals surface area contributed by atoms with E-state index < -0.39 is 0 Å². The third kappa shape index (κ3) is 3.29. The SMILES string of the molecule is CN1CCN(c2cc3nc(C(C)(C)C)sc3cc2N=C=O)CC1. The Morgan fingerprint density at radius 1 is 1.22 bits per heavy atom. The first-order valence-electron chi connectivity index (χ1n) is 7.85. The van der Waals surface area contributed by atoms with Crippen LogP contribution >= 0.6 is 11.3 Å². The van der Waals surface area contributed by atoms with Crippen molar-refractivity contribution in [3.05, 3.63) is 17.1 Å². The van der Waals surface area contributed by atoms with Gasteiger partial charge in [0.15, 0.2) is 0 Å². The maximum absolute atomic E-state index is 10.8. The zero-order valence-electron chi connectivity index (χ0n) is 14.1. The summed E-state index contributed by atoms with van der Waals surface area (Å²) in [5.41, 5.74) is 2.69. The van der Waals surface area contributed by atoms with Gasteiger partial charge in [0.2, 0.25) is 6.08 Å². The summed E-state index contributed by atoms with van der Waals surface area (Å²) in [6.45, 7) is 10.4. The van der Waals surface area contributed by atoms with Crippen molar-refractivity contribution in [1.29, 1.82) is 0 Å². The van der Waals surface area contributed by atoms with Gasteiger partial charge in [-0.15, -0.1) is 11.3 Å². The van der Waals surface area contributed by atoms with Crippen molar-refractivity contribution >= 4 is 39.0 Å². The normalized spacial score (nSPS) is 16.6. The van der Waals surface area contributed by atoms with Crippen LogP contribution in [0.15, 0.2) is 17.1 Å². The highest BCUT2D eigenvalue weighted by molar-refractivity contribution is 7.18. The predicted octanol–water partition coefficient (Wildman–Crippen LogP) is 3.31. The average molecular weight is 330 g/mol. The molecule has 6 heteroatoms. The third-order valence-corrected chi connectivity index (χ3v) is 5.58. The molecule has 1 aliphatic heterocycles. The van der Waals surface area contributed by atoms with Crippen LogP contribution in [0, 0.1) is 0 Å².